The Kier molecular flexibility index (Phi) is 9.65. The predicted octanol–water partition coefficient (Wildman–Crippen LogP) is 6.44. The zero-order chi connectivity index (χ0) is 27.1. The van der Waals surface area contributed by atoms with Crippen molar-refractivity contribution in [2.45, 2.75) is 0 Å². The van der Waals surface area contributed by atoms with Crippen molar-refractivity contribution in [1.82, 2.24) is 0 Å². The first kappa shape index (κ1) is 29.2. The average Bonchev–Trinajstić information content (AvgIpc) is 3.06. The van der Waals surface area contributed by atoms with E-state index in [-0.39, 0.29) is 16.5 Å². The number of hydrogen-bond acceptors (Lipinski definition) is 0. The van der Waals surface area contributed by atoms with E-state index in [9.17, 15) is 0 Å². The molecule has 0 saturated heterocycles. The van der Waals surface area contributed by atoms with Crippen LogP contribution in [0.1, 0.15) is 0 Å². The first-order valence-corrected chi connectivity index (χ1v) is 18.6. The van der Waals surface area contributed by atoms with Gasteiger partial charge in [0, 0.05) is 16.5 Å². The molecule has 6 aromatic rings. The third-order valence-corrected chi connectivity index (χ3v) is 18.9. The molecule has 0 fully saturated rings. The van der Waals surface area contributed by atoms with Crippen LogP contribution in [0.3, 0.4) is 0 Å². The van der Waals surface area contributed by atoms with Crippen molar-refractivity contribution in [3.63, 3.8) is 0 Å². The summed E-state index contributed by atoms with van der Waals surface area (Å²) in [6.45, 7) is 0. The summed E-state index contributed by atoms with van der Waals surface area (Å²) in [6.07, 6.45) is 2.24. The van der Waals surface area contributed by atoms with Crippen LogP contribution in [-0.4, -0.2) is 12.3 Å². The molecule has 0 N–H and O–H groups in total. The van der Waals surface area contributed by atoms with Gasteiger partial charge in [-0.15, -0.1) is 0 Å². The van der Waals surface area contributed by atoms with E-state index in [0.717, 1.165) is 12.3 Å². The van der Waals surface area contributed by atoms with Crippen molar-refractivity contribution in [3.05, 3.63) is 182 Å². The summed E-state index contributed by atoms with van der Waals surface area (Å²) in [5, 5.41) is 8.86. The maximum atomic E-state index is 2.38. The van der Waals surface area contributed by atoms with Gasteiger partial charge in [-0.05, 0) is 0 Å². The second-order valence-corrected chi connectivity index (χ2v) is 18.6. The predicted molar refractivity (Wildman–Crippen MR) is 183 cm³/mol. The Hall–Kier alpha value is -3.33. The van der Waals surface area contributed by atoms with Crippen LogP contribution in [-0.2, 0) is 16.5 Å². The first-order chi connectivity index (χ1) is 19.8. The Morgan fingerprint density at radius 3 is 0.537 bits per heavy atom. The SMILES string of the molecule is [Ni].c1ccc([PH](CC[PH](c2ccccc2)(c2ccccc2)c2ccccc2)(c2ccccc2)c2ccccc2)cc1. The summed E-state index contributed by atoms with van der Waals surface area (Å²) in [7, 11) is -4.80. The van der Waals surface area contributed by atoms with E-state index >= 15 is 0 Å². The molecular formula is C38H36NiP2. The zero-order valence-corrected chi connectivity index (χ0v) is 26.0. The summed E-state index contributed by atoms with van der Waals surface area (Å²) in [5.74, 6) is 0. The van der Waals surface area contributed by atoms with Crippen LogP contribution >= 0.6 is 14.5 Å². The topological polar surface area (TPSA) is 0 Å². The molecule has 0 spiro atoms. The Bertz CT molecular complexity index is 1290. The van der Waals surface area contributed by atoms with Crippen molar-refractivity contribution in [2.24, 2.45) is 0 Å². The van der Waals surface area contributed by atoms with E-state index in [0.29, 0.717) is 0 Å². The minimum atomic E-state index is -2.40. The molecule has 0 saturated carbocycles. The average molecular weight is 613 g/mol. The van der Waals surface area contributed by atoms with E-state index in [4.69, 9.17) is 0 Å². The molecule has 0 heterocycles. The third kappa shape index (κ3) is 5.74. The first-order valence-electron chi connectivity index (χ1n) is 14.2. The van der Waals surface area contributed by atoms with E-state index in [1.165, 1.54) is 31.8 Å². The van der Waals surface area contributed by atoms with Gasteiger partial charge in [0.05, 0.1) is 0 Å². The molecule has 0 bridgehead atoms. The summed E-state index contributed by atoms with van der Waals surface area (Å²) < 4.78 is 0. The van der Waals surface area contributed by atoms with Crippen molar-refractivity contribution >= 4 is 46.4 Å². The molecule has 208 valence electrons. The summed E-state index contributed by atoms with van der Waals surface area (Å²) in [6, 6.07) is 68.1. The molecule has 41 heavy (non-hydrogen) atoms. The van der Waals surface area contributed by atoms with E-state index in [1.807, 2.05) is 0 Å². The van der Waals surface area contributed by atoms with Crippen LogP contribution in [0.15, 0.2) is 182 Å². The van der Waals surface area contributed by atoms with Gasteiger partial charge in [0.15, 0.2) is 0 Å². The van der Waals surface area contributed by atoms with Gasteiger partial charge < -0.3 is 0 Å². The summed E-state index contributed by atoms with van der Waals surface area (Å²) in [5.41, 5.74) is 0. The molecule has 0 radical (unpaired) electrons. The van der Waals surface area contributed by atoms with Crippen LogP contribution in [0.4, 0.5) is 0 Å². The van der Waals surface area contributed by atoms with Crippen LogP contribution in [0.5, 0.6) is 0 Å². The number of rotatable bonds is 9. The summed E-state index contributed by atoms with van der Waals surface area (Å²) >= 11 is 0. The van der Waals surface area contributed by atoms with Gasteiger partial charge in [-0.25, -0.2) is 0 Å². The monoisotopic (exact) mass is 612 g/mol. The van der Waals surface area contributed by atoms with Gasteiger partial charge in [0.2, 0.25) is 0 Å². The molecule has 0 aliphatic rings. The minimum absolute atomic E-state index is 0. The van der Waals surface area contributed by atoms with Gasteiger partial charge in [-0.2, -0.15) is 0 Å². The zero-order valence-electron chi connectivity index (χ0n) is 23.1. The number of benzene rings is 6. The molecule has 0 unspecified atom stereocenters. The second kappa shape index (κ2) is 13.6. The molecule has 0 aliphatic heterocycles. The van der Waals surface area contributed by atoms with Crippen molar-refractivity contribution < 1.29 is 16.5 Å². The van der Waals surface area contributed by atoms with Crippen LogP contribution in [0.2, 0.25) is 0 Å². The van der Waals surface area contributed by atoms with Gasteiger partial charge >= 0.3 is 241 Å². The van der Waals surface area contributed by atoms with Gasteiger partial charge in [0.1, 0.15) is 0 Å². The molecule has 0 amide bonds. The fourth-order valence-electron chi connectivity index (χ4n) is 6.58. The Morgan fingerprint density at radius 1 is 0.244 bits per heavy atom. The molecular weight excluding hydrogens is 577 g/mol. The van der Waals surface area contributed by atoms with Crippen LogP contribution < -0.4 is 31.8 Å². The van der Waals surface area contributed by atoms with Gasteiger partial charge in [0.25, 0.3) is 0 Å². The van der Waals surface area contributed by atoms with Crippen molar-refractivity contribution in [3.8, 4) is 0 Å². The maximum absolute atomic E-state index is 2.40. The second-order valence-electron chi connectivity index (χ2n) is 10.5. The molecule has 0 nitrogen and oxygen atoms in total. The molecule has 0 atom stereocenters. The Labute approximate surface area is 256 Å². The number of hydrogen-bond donors (Lipinski definition) is 0. The summed E-state index contributed by atoms with van der Waals surface area (Å²) in [4.78, 5) is 0. The molecule has 6 rings (SSSR count). The van der Waals surface area contributed by atoms with E-state index in [1.54, 1.807) is 0 Å². The third-order valence-electron chi connectivity index (χ3n) is 8.47. The molecule has 3 heteroatoms. The van der Waals surface area contributed by atoms with Gasteiger partial charge in [-0.3, -0.25) is 0 Å². The fourth-order valence-corrected chi connectivity index (χ4v) is 17.9. The molecule has 6 aromatic carbocycles. The van der Waals surface area contributed by atoms with Gasteiger partial charge in [-0.1, -0.05) is 0 Å². The van der Waals surface area contributed by atoms with Crippen molar-refractivity contribution in [1.29, 1.82) is 0 Å². The quantitative estimate of drug-likeness (QED) is 0.130. The Morgan fingerprint density at radius 2 is 0.390 bits per heavy atom. The van der Waals surface area contributed by atoms with Crippen molar-refractivity contribution in [2.75, 3.05) is 12.3 Å². The van der Waals surface area contributed by atoms with E-state index in [2.05, 4.69) is 182 Å². The molecule has 0 aromatic heterocycles. The standard InChI is InChI=1S/C38H36P2.Ni/c1-7-19-33(20-8-1)39(34-21-9-2-10-22-34,35-23-11-3-12-24-35)31-32-40(36-25-13-4-14-26-36,37-27-15-5-16-28-37)38-29-17-6-18-30-38;/h1-30,39-40H,31-32H2;. The fraction of sp³-hybridized carbons (Fsp3) is 0.0526. The van der Waals surface area contributed by atoms with Crippen LogP contribution in [0.25, 0.3) is 0 Å². The molecule has 0 aliphatic carbocycles. The van der Waals surface area contributed by atoms with Crippen LogP contribution in [0, 0.1) is 0 Å². The Balaban J connectivity index is 0.00000337. The normalized spacial score (nSPS) is 12.2. The van der Waals surface area contributed by atoms with E-state index < -0.39 is 14.5 Å².